The first-order valence-corrected chi connectivity index (χ1v) is 4.30. The lowest BCUT2D eigenvalue weighted by atomic mass is 10.2. The molecule has 2 atom stereocenters. The van der Waals surface area contributed by atoms with E-state index in [-0.39, 0.29) is 17.1 Å². The zero-order valence-corrected chi connectivity index (χ0v) is 7.84. The van der Waals surface area contributed by atoms with Crippen molar-refractivity contribution in [2.24, 2.45) is 0 Å². The fourth-order valence-electron chi connectivity index (χ4n) is 0.898. The van der Waals surface area contributed by atoms with Crippen LogP contribution < -0.4 is 0 Å². The van der Waals surface area contributed by atoms with Crippen molar-refractivity contribution in [1.29, 1.82) is 0 Å². The van der Waals surface area contributed by atoms with Crippen molar-refractivity contribution < 1.29 is 14.3 Å². The van der Waals surface area contributed by atoms with Gasteiger partial charge >= 0.3 is 5.97 Å². The Morgan fingerprint density at radius 3 is 2.83 bits per heavy atom. The molecule has 4 heteroatoms. The summed E-state index contributed by atoms with van der Waals surface area (Å²) in [7, 11) is 0. The third kappa shape index (κ3) is 2.53. The number of rotatable bonds is 4. The van der Waals surface area contributed by atoms with E-state index in [0.717, 1.165) is 6.42 Å². The molecule has 1 aliphatic rings. The second-order valence-corrected chi connectivity index (χ2v) is 3.21. The minimum atomic E-state index is -0.458. The molecule has 68 valence electrons. The van der Waals surface area contributed by atoms with Crippen LogP contribution in [0.5, 0.6) is 0 Å². The van der Waals surface area contributed by atoms with Crippen LogP contribution in [0.1, 0.15) is 13.3 Å². The van der Waals surface area contributed by atoms with E-state index >= 15 is 0 Å². The number of esters is 1. The highest BCUT2D eigenvalue weighted by atomic mass is 32.1. The molecule has 1 fully saturated rings. The summed E-state index contributed by atoms with van der Waals surface area (Å²) in [6.07, 6.45) is 0.713. The second kappa shape index (κ2) is 3.96. The van der Waals surface area contributed by atoms with Crippen LogP contribution in [0.4, 0.5) is 0 Å². The van der Waals surface area contributed by atoms with Crippen molar-refractivity contribution >= 4 is 18.6 Å². The number of ether oxygens (including phenoxy) is 2. The van der Waals surface area contributed by atoms with Crippen LogP contribution in [-0.4, -0.2) is 24.8 Å². The summed E-state index contributed by atoms with van der Waals surface area (Å²) in [4.78, 5) is 11.1. The normalized spacial score (nSPS) is 23.0. The molecular weight excluding hydrogens is 176 g/mol. The van der Waals surface area contributed by atoms with Crippen LogP contribution in [0.2, 0.25) is 0 Å². The summed E-state index contributed by atoms with van der Waals surface area (Å²) in [6, 6.07) is 0. The molecule has 1 rings (SSSR count). The highest BCUT2D eigenvalue weighted by Crippen LogP contribution is 2.20. The molecule has 0 aromatic carbocycles. The minimum absolute atomic E-state index is 0.0895. The number of hydrogen-bond acceptors (Lipinski definition) is 4. The van der Waals surface area contributed by atoms with Crippen molar-refractivity contribution in [3.05, 3.63) is 11.5 Å². The van der Waals surface area contributed by atoms with Gasteiger partial charge in [0.15, 0.2) is 0 Å². The summed E-state index contributed by atoms with van der Waals surface area (Å²) in [5, 5.41) is 0. The number of thiol groups is 1. The van der Waals surface area contributed by atoms with E-state index in [1.807, 2.05) is 6.92 Å². The van der Waals surface area contributed by atoms with E-state index < -0.39 is 5.97 Å². The lowest BCUT2D eigenvalue weighted by molar-refractivity contribution is -0.144. The van der Waals surface area contributed by atoms with Crippen molar-refractivity contribution in [2.75, 3.05) is 6.61 Å². The molecule has 2 unspecified atom stereocenters. The van der Waals surface area contributed by atoms with Gasteiger partial charge in [0.2, 0.25) is 0 Å². The van der Waals surface area contributed by atoms with E-state index in [1.165, 1.54) is 0 Å². The molecule has 0 aromatic heterocycles. The molecule has 0 bridgehead atoms. The molecule has 0 N–H and O–H groups in total. The molecule has 0 amide bonds. The highest BCUT2D eigenvalue weighted by molar-refractivity contribution is 7.85. The second-order valence-electron chi connectivity index (χ2n) is 2.67. The Bertz CT molecular complexity index is 198. The number of epoxide rings is 1. The SMILES string of the molecule is C=C(S)C(=O)OC(CC)C1CO1. The lowest BCUT2D eigenvalue weighted by Gasteiger charge is -2.12. The number of carbonyl (C=O) groups is 1. The van der Waals surface area contributed by atoms with Gasteiger partial charge in [0.1, 0.15) is 12.2 Å². The van der Waals surface area contributed by atoms with Gasteiger partial charge in [-0.05, 0) is 6.42 Å². The van der Waals surface area contributed by atoms with Crippen LogP contribution in [0.3, 0.4) is 0 Å². The van der Waals surface area contributed by atoms with E-state index in [2.05, 4.69) is 19.2 Å². The molecule has 0 saturated carbocycles. The van der Waals surface area contributed by atoms with E-state index in [4.69, 9.17) is 9.47 Å². The minimum Gasteiger partial charge on any atom is -0.456 e. The summed E-state index contributed by atoms with van der Waals surface area (Å²) < 4.78 is 10.1. The summed E-state index contributed by atoms with van der Waals surface area (Å²) in [6.45, 7) is 6.00. The Balaban J connectivity index is 2.36. The molecular formula is C8H12O3S. The summed E-state index contributed by atoms with van der Waals surface area (Å²) >= 11 is 3.79. The van der Waals surface area contributed by atoms with Crippen molar-refractivity contribution in [3.8, 4) is 0 Å². The van der Waals surface area contributed by atoms with Gasteiger partial charge in [0.25, 0.3) is 0 Å². The smallest absolute Gasteiger partial charge is 0.344 e. The van der Waals surface area contributed by atoms with Crippen LogP contribution in [0.15, 0.2) is 11.5 Å². The molecule has 0 radical (unpaired) electrons. The maximum absolute atomic E-state index is 11.0. The Hall–Kier alpha value is -0.480. The zero-order valence-electron chi connectivity index (χ0n) is 6.95. The summed E-state index contributed by atoms with van der Waals surface area (Å²) in [5.41, 5.74) is 0. The fourth-order valence-corrected chi connectivity index (χ4v) is 0.951. The highest BCUT2D eigenvalue weighted by Gasteiger charge is 2.34. The van der Waals surface area contributed by atoms with Crippen LogP contribution in [0.25, 0.3) is 0 Å². The quantitative estimate of drug-likeness (QED) is 0.311. The largest absolute Gasteiger partial charge is 0.456 e. The Morgan fingerprint density at radius 1 is 1.92 bits per heavy atom. The fraction of sp³-hybridized carbons (Fsp3) is 0.625. The standard InChI is InChI=1S/C8H12O3S/c1-3-6(7-4-10-7)11-8(9)5(2)12/h6-7,12H,2-4H2,1H3. The van der Waals surface area contributed by atoms with Crippen LogP contribution >= 0.6 is 12.6 Å². The first kappa shape index (κ1) is 9.61. The molecule has 3 nitrogen and oxygen atoms in total. The van der Waals surface area contributed by atoms with E-state index in [1.54, 1.807) is 0 Å². The van der Waals surface area contributed by atoms with E-state index in [0.29, 0.717) is 6.61 Å². The van der Waals surface area contributed by atoms with Crippen molar-refractivity contribution in [2.45, 2.75) is 25.6 Å². The lowest BCUT2D eigenvalue weighted by Crippen LogP contribution is -2.22. The van der Waals surface area contributed by atoms with Crippen LogP contribution in [0, 0.1) is 0 Å². The van der Waals surface area contributed by atoms with Gasteiger partial charge in [0, 0.05) is 0 Å². The average molecular weight is 188 g/mol. The Labute approximate surface area is 77.1 Å². The van der Waals surface area contributed by atoms with Crippen LogP contribution in [-0.2, 0) is 14.3 Å². The molecule has 0 aromatic rings. The third-order valence-electron chi connectivity index (χ3n) is 1.67. The Morgan fingerprint density at radius 2 is 2.50 bits per heavy atom. The topological polar surface area (TPSA) is 38.8 Å². The third-order valence-corrected chi connectivity index (χ3v) is 1.85. The molecule has 0 aliphatic carbocycles. The molecule has 12 heavy (non-hydrogen) atoms. The number of hydrogen-bond donors (Lipinski definition) is 1. The first-order chi connectivity index (χ1) is 5.65. The van der Waals surface area contributed by atoms with Gasteiger partial charge < -0.3 is 9.47 Å². The maximum atomic E-state index is 11.0. The van der Waals surface area contributed by atoms with Gasteiger partial charge in [-0.1, -0.05) is 13.5 Å². The van der Waals surface area contributed by atoms with Crippen molar-refractivity contribution in [3.63, 3.8) is 0 Å². The molecule has 1 aliphatic heterocycles. The molecule has 0 spiro atoms. The maximum Gasteiger partial charge on any atom is 0.344 e. The predicted octanol–water partition coefficient (Wildman–Crippen LogP) is 1.15. The molecule has 1 saturated heterocycles. The van der Waals surface area contributed by atoms with Gasteiger partial charge in [-0.2, -0.15) is 0 Å². The van der Waals surface area contributed by atoms with Gasteiger partial charge in [-0.3, -0.25) is 0 Å². The van der Waals surface area contributed by atoms with Crippen molar-refractivity contribution in [1.82, 2.24) is 0 Å². The van der Waals surface area contributed by atoms with Gasteiger partial charge in [-0.25, -0.2) is 4.79 Å². The molecule has 1 heterocycles. The zero-order chi connectivity index (χ0) is 9.14. The average Bonchev–Trinajstić information content (AvgIpc) is 2.82. The predicted molar refractivity (Wildman–Crippen MR) is 48.0 cm³/mol. The van der Waals surface area contributed by atoms with Gasteiger partial charge in [-0.15, -0.1) is 12.6 Å². The Kier molecular flexibility index (Phi) is 3.17. The number of carbonyl (C=O) groups excluding carboxylic acids is 1. The monoisotopic (exact) mass is 188 g/mol. The van der Waals surface area contributed by atoms with E-state index in [9.17, 15) is 4.79 Å². The van der Waals surface area contributed by atoms with Gasteiger partial charge in [0.05, 0.1) is 11.5 Å². The first-order valence-electron chi connectivity index (χ1n) is 3.85. The summed E-state index contributed by atoms with van der Waals surface area (Å²) in [5.74, 6) is -0.458.